The Balaban J connectivity index is 0.00000134. The van der Waals surface area contributed by atoms with Gasteiger partial charge in [-0.25, -0.2) is 9.78 Å². The number of nitrogens with two attached hydrogens (primary N) is 1. The number of hydrogen-bond acceptors (Lipinski definition) is 15. The van der Waals surface area contributed by atoms with Gasteiger partial charge in [0.05, 0.1) is 0 Å². The number of nitrogens with one attached hydrogen (secondary N) is 2. The average Bonchev–Trinajstić information content (AvgIpc) is 3.61. The monoisotopic (exact) mass is 616 g/mol. The van der Waals surface area contributed by atoms with Crippen LogP contribution >= 0.6 is 46.2 Å². The maximum Gasteiger partial charge on any atom is 0.352 e. The Hall–Kier alpha value is -3.59. The fraction of sp³-hybridized carbons (Fsp3) is 0.316. The summed E-state index contributed by atoms with van der Waals surface area (Å²) < 4.78 is 0.691. The van der Waals surface area contributed by atoms with Crippen LogP contribution in [0.25, 0.3) is 0 Å². The number of carbonyl (C=O) groups is 5. The molecule has 20 heteroatoms. The number of amides is 3. The number of aliphatic carboxylic acids is 1. The molecule has 2 aromatic heterocycles. The number of rotatable bonds is 12. The Morgan fingerprint density at radius 3 is 2.77 bits per heavy atom. The van der Waals surface area contributed by atoms with Gasteiger partial charge in [-0.05, 0) is 5.57 Å². The number of nitrogens with zero attached hydrogens (tertiary/aromatic N) is 5. The summed E-state index contributed by atoms with van der Waals surface area (Å²) in [7, 11) is 0. The Bertz CT molecular complexity index is 1270. The molecule has 1 saturated heterocycles. The lowest BCUT2D eigenvalue weighted by atomic mass is 10.0. The second-order valence-corrected chi connectivity index (χ2v) is 11.1. The topological polar surface area (TPSA) is 239 Å². The summed E-state index contributed by atoms with van der Waals surface area (Å²) in [5.41, 5.74) is 7.39. The van der Waals surface area contributed by atoms with Crippen LogP contribution in [0.2, 0.25) is 0 Å². The number of carboxylic acids is 1. The van der Waals surface area contributed by atoms with Crippen molar-refractivity contribution in [2.75, 3.05) is 30.0 Å². The first-order valence-electron chi connectivity index (χ1n) is 10.6. The predicted molar refractivity (Wildman–Crippen MR) is 142 cm³/mol. The smallest absolute Gasteiger partial charge is 0.352 e. The number of carboxylic acid groups (broad SMARTS) is 2. The molecule has 1 fully saturated rings. The van der Waals surface area contributed by atoms with Crippen LogP contribution in [0.3, 0.4) is 0 Å². The van der Waals surface area contributed by atoms with E-state index >= 15 is 0 Å². The van der Waals surface area contributed by atoms with Gasteiger partial charge in [-0.15, -0.1) is 33.3 Å². The van der Waals surface area contributed by atoms with E-state index in [0.717, 1.165) is 11.3 Å². The lowest BCUT2D eigenvalue weighted by molar-refractivity contribution is -0.150. The highest BCUT2D eigenvalue weighted by molar-refractivity contribution is 8.01. The molecule has 0 radical (unpaired) electrons. The van der Waals surface area contributed by atoms with Gasteiger partial charge in [0.2, 0.25) is 6.41 Å². The minimum Gasteiger partial charge on any atom is -0.483 e. The van der Waals surface area contributed by atoms with E-state index in [0.29, 0.717) is 27.8 Å². The SMILES string of the molecule is NCCO/N=C(/C(=O)NC1C(=O)N2C(C(=O)O)=C(CSc3nncs3)CS[C@H]12)c1csc(NC=O)n1.O=CO. The number of thiazole rings is 1. The quantitative estimate of drug-likeness (QED) is 0.0503. The van der Waals surface area contributed by atoms with Crippen LogP contribution in [0.1, 0.15) is 5.69 Å². The van der Waals surface area contributed by atoms with E-state index in [1.807, 2.05) is 0 Å². The van der Waals surface area contributed by atoms with Crippen molar-refractivity contribution in [2.45, 2.75) is 15.8 Å². The minimum absolute atomic E-state index is 0.0413. The van der Waals surface area contributed by atoms with Crippen LogP contribution in [0.15, 0.2) is 31.7 Å². The molecule has 0 bridgehead atoms. The Morgan fingerprint density at radius 2 is 2.13 bits per heavy atom. The number of fused-ring (bicyclic) bond motifs is 1. The fourth-order valence-corrected chi connectivity index (χ4v) is 6.87. The van der Waals surface area contributed by atoms with E-state index in [2.05, 4.69) is 31.0 Å². The zero-order valence-electron chi connectivity index (χ0n) is 19.6. The highest BCUT2D eigenvalue weighted by atomic mass is 32.2. The molecular weight excluding hydrogens is 597 g/mol. The van der Waals surface area contributed by atoms with E-state index in [4.69, 9.17) is 20.5 Å². The molecule has 0 saturated carbocycles. The Kier molecular flexibility index (Phi) is 11.2. The number of thioether (sulfide) groups is 2. The molecule has 0 aliphatic carbocycles. The third-order valence-corrected chi connectivity index (χ3v) is 8.82. The normalized spacial score (nSPS) is 18.2. The van der Waals surface area contributed by atoms with Crippen molar-refractivity contribution in [1.29, 1.82) is 0 Å². The maximum absolute atomic E-state index is 13.0. The molecule has 3 amide bonds. The first-order chi connectivity index (χ1) is 18.9. The second kappa shape index (κ2) is 14.5. The number of hydrogen-bond donors (Lipinski definition) is 5. The molecule has 2 aromatic rings. The van der Waals surface area contributed by atoms with Crippen molar-refractivity contribution in [3.8, 4) is 0 Å². The van der Waals surface area contributed by atoms with E-state index in [1.165, 1.54) is 45.1 Å². The molecule has 39 heavy (non-hydrogen) atoms. The average molecular weight is 617 g/mol. The molecule has 2 atom stereocenters. The summed E-state index contributed by atoms with van der Waals surface area (Å²) in [6.07, 6.45) is 0.445. The summed E-state index contributed by atoms with van der Waals surface area (Å²) in [5.74, 6) is -1.82. The van der Waals surface area contributed by atoms with E-state index in [1.54, 1.807) is 5.51 Å². The molecule has 208 valence electrons. The molecule has 2 aliphatic heterocycles. The third kappa shape index (κ3) is 7.29. The summed E-state index contributed by atoms with van der Waals surface area (Å²) in [4.78, 5) is 67.4. The van der Waals surface area contributed by atoms with Crippen molar-refractivity contribution in [2.24, 2.45) is 10.9 Å². The predicted octanol–water partition coefficient (Wildman–Crippen LogP) is -0.526. The van der Waals surface area contributed by atoms with Gasteiger partial charge in [-0.3, -0.25) is 24.1 Å². The first-order valence-corrected chi connectivity index (χ1v) is 14.4. The third-order valence-electron chi connectivity index (χ3n) is 4.76. The van der Waals surface area contributed by atoms with Gasteiger partial charge in [0.25, 0.3) is 18.3 Å². The van der Waals surface area contributed by atoms with Gasteiger partial charge in [0.15, 0.2) is 15.2 Å². The van der Waals surface area contributed by atoms with Crippen LogP contribution in [-0.2, 0) is 28.8 Å². The Morgan fingerprint density at radius 1 is 1.36 bits per heavy atom. The standard InChI is InChI=1S/C18H18N8O6S4.CH2O2/c19-1-2-32-25-10(9-5-34-17(22-9)20-6-27)13(28)23-11-14(29)26-12(16(30)31)8(3-33-15(11)26)4-35-18-24-21-7-36-18;2-1-3/h5-7,11,15H,1-4,19H2,(H,23,28)(H,30,31)(H,20,22,27);1H,(H,2,3)/b25-10+;/t11?,15-;/m1./s1. The van der Waals surface area contributed by atoms with Gasteiger partial charge >= 0.3 is 5.97 Å². The van der Waals surface area contributed by atoms with Gasteiger partial charge in [-0.2, -0.15) is 0 Å². The maximum atomic E-state index is 13.0. The number of aromatic nitrogens is 3. The van der Waals surface area contributed by atoms with E-state index in [-0.39, 0.29) is 41.9 Å². The number of β-lactam (4-membered cyclic amide) rings is 1. The van der Waals surface area contributed by atoms with E-state index in [9.17, 15) is 24.3 Å². The van der Waals surface area contributed by atoms with Crippen molar-refractivity contribution >= 4 is 87.7 Å². The molecule has 1 unspecified atom stereocenters. The van der Waals surface area contributed by atoms with Crippen LogP contribution < -0.4 is 16.4 Å². The zero-order valence-corrected chi connectivity index (χ0v) is 22.8. The van der Waals surface area contributed by atoms with Gasteiger partial charge in [0.1, 0.15) is 34.9 Å². The van der Waals surface area contributed by atoms with Gasteiger partial charge < -0.3 is 31.4 Å². The van der Waals surface area contributed by atoms with E-state index < -0.39 is 29.2 Å². The van der Waals surface area contributed by atoms with Gasteiger partial charge in [0, 0.05) is 23.4 Å². The van der Waals surface area contributed by atoms with Crippen LogP contribution in [0.5, 0.6) is 0 Å². The molecule has 0 spiro atoms. The summed E-state index contributed by atoms with van der Waals surface area (Å²) >= 11 is 5.10. The Labute approximate surface area is 236 Å². The van der Waals surface area contributed by atoms with Crippen molar-refractivity contribution in [3.63, 3.8) is 0 Å². The van der Waals surface area contributed by atoms with Crippen LogP contribution in [0.4, 0.5) is 5.13 Å². The summed E-state index contributed by atoms with van der Waals surface area (Å²) in [6.45, 7) is -0.0498. The van der Waals surface area contributed by atoms with Gasteiger partial charge in [-0.1, -0.05) is 28.3 Å². The lowest BCUT2D eigenvalue weighted by Gasteiger charge is -2.49. The molecular formula is C19H20N8O8S4. The number of oxime groups is 1. The van der Waals surface area contributed by atoms with Crippen LogP contribution in [-0.4, -0.2) is 103 Å². The first kappa shape index (κ1) is 30.0. The van der Waals surface area contributed by atoms with Crippen LogP contribution in [0, 0.1) is 0 Å². The lowest BCUT2D eigenvalue weighted by Crippen LogP contribution is -2.71. The molecule has 4 heterocycles. The largest absolute Gasteiger partial charge is 0.483 e. The second-order valence-electron chi connectivity index (χ2n) is 7.08. The summed E-state index contributed by atoms with van der Waals surface area (Å²) in [5, 5.41) is 34.3. The minimum atomic E-state index is -1.22. The van der Waals surface area contributed by atoms with Crippen molar-refractivity contribution in [3.05, 3.63) is 27.9 Å². The summed E-state index contributed by atoms with van der Waals surface area (Å²) in [6, 6.07) is -0.972. The molecule has 4 rings (SSSR count). The molecule has 0 aromatic carbocycles. The fourth-order valence-electron chi connectivity index (χ4n) is 3.25. The van der Waals surface area contributed by atoms with Crippen molar-refractivity contribution < 1.29 is 39.0 Å². The number of carbonyl (C=O) groups excluding carboxylic acids is 3. The van der Waals surface area contributed by atoms with Crippen molar-refractivity contribution in [1.82, 2.24) is 25.4 Å². The molecule has 2 aliphatic rings. The molecule has 16 nitrogen and oxygen atoms in total. The highest BCUT2D eigenvalue weighted by Gasteiger charge is 2.54. The number of anilines is 1. The zero-order chi connectivity index (χ0) is 28.4. The molecule has 6 N–H and O–H groups in total. The highest BCUT2D eigenvalue weighted by Crippen LogP contribution is 2.41.